The molecule has 0 aliphatic heterocycles. The number of nitrogens with two attached hydrogens (primary N) is 1. The fraction of sp³-hybridized carbons (Fsp3) is 0.524. The fourth-order valence-electron chi connectivity index (χ4n) is 3.17. The standard InChI is InChI=1S/C21H32N4O/c1-2-3-4-5-9-14-19(17-11-7-6-8-12-17)25-20(26)15-10-13-18-16-23-21(22)24-18/h6-8,11-12,16,19H,2-5,9-10,13-15H2,1H3,(H,25,26)(H3,22,23,24). The van der Waals surface area contributed by atoms with E-state index in [-0.39, 0.29) is 11.9 Å². The molecule has 1 aromatic heterocycles. The predicted octanol–water partition coefficient (Wildman–Crippen LogP) is 4.53. The quantitative estimate of drug-likeness (QED) is 0.488. The number of H-pyrrole nitrogens is 1. The summed E-state index contributed by atoms with van der Waals surface area (Å²) in [5.41, 5.74) is 7.74. The second-order valence-corrected chi connectivity index (χ2v) is 6.88. The molecule has 1 amide bonds. The summed E-state index contributed by atoms with van der Waals surface area (Å²) < 4.78 is 0. The SMILES string of the molecule is CCCCCCCC(NC(=O)CCCc1cnc(N)[nH]1)c1ccccc1. The molecule has 2 aromatic rings. The second-order valence-electron chi connectivity index (χ2n) is 6.88. The van der Waals surface area contributed by atoms with E-state index in [1.54, 1.807) is 6.20 Å². The molecule has 1 atom stereocenters. The number of nitrogens with zero attached hydrogens (tertiary/aromatic N) is 1. The molecule has 0 radical (unpaired) electrons. The summed E-state index contributed by atoms with van der Waals surface area (Å²) in [4.78, 5) is 19.4. The van der Waals surface area contributed by atoms with Gasteiger partial charge in [-0.25, -0.2) is 4.98 Å². The normalized spacial score (nSPS) is 12.0. The number of amides is 1. The van der Waals surface area contributed by atoms with Gasteiger partial charge in [0.25, 0.3) is 0 Å². The van der Waals surface area contributed by atoms with E-state index >= 15 is 0 Å². The van der Waals surface area contributed by atoms with E-state index < -0.39 is 0 Å². The molecule has 0 spiro atoms. The van der Waals surface area contributed by atoms with Crippen LogP contribution in [0, 0.1) is 0 Å². The third-order valence-electron chi connectivity index (χ3n) is 4.63. The molecule has 5 nitrogen and oxygen atoms in total. The molecule has 0 fully saturated rings. The molecule has 0 saturated carbocycles. The molecule has 26 heavy (non-hydrogen) atoms. The molecule has 0 aliphatic carbocycles. The van der Waals surface area contributed by atoms with E-state index in [0.717, 1.165) is 31.4 Å². The third-order valence-corrected chi connectivity index (χ3v) is 4.63. The van der Waals surface area contributed by atoms with Gasteiger partial charge in [0.05, 0.1) is 12.2 Å². The number of imidazole rings is 1. The molecule has 1 unspecified atom stereocenters. The Morgan fingerprint density at radius 3 is 2.62 bits per heavy atom. The minimum absolute atomic E-state index is 0.105. The van der Waals surface area contributed by atoms with Crippen LogP contribution in [-0.4, -0.2) is 15.9 Å². The topological polar surface area (TPSA) is 83.8 Å². The van der Waals surface area contributed by atoms with Crippen LogP contribution in [0.3, 0.4) is 0 Å². The van der Waals surface area contributed by atoms with E-state index in [0.29, 0.717) is 12.4 Å². The van der Waals surface area contributed by atoms with E-state index in [4.69, 9.17) is 5.73 Å². The van der Waals surface area contributed by atoms with Crippen molar-refractivity contribution in [2.45, 2.75) is 70.8 Å². The van der Waals surface area contributed by atoms with Gasteiger partial charge in [0.15, 0.2) is 5.95 Å². The first kappa shape index (κ1) is 20.0. The second kappa shape index (κ2) is 11.3. The molecular weight excluding hydrogens is 324 g/mol. The van der Waals surface area contributed by atoms with Crippen LogP contribution in [0.4, 0.5) is 5.95 Å². The zero-order chi connectivity index (χ0) is 18.6. The highest BCUT2D eigenvalue weighted by atomic mass is 16.1. The summed E-state index contributed by atoms with van der Waals surface area (Å²) in [6, 6.07) is 10.4. The average molecular weight is 357 g/mol. The Morgan fingerprint density at radius 1 is 1.15 bits per heavy atom. The summed E-state index contributed by atoms with van der Waals surface area (Å²) in [6.45, 7) is 2.23. The van der Waals surface area contributed by atoms with E-state index in [9.17, 15) is 4.79 Å². The molecular formula is C21H32N4O. The predicted molar refractivity (Wildman–Crippen MR) is 107 cm³/mol. The van der Waals surface area contributed by atoms with E-state index in [1.165, 1.54) is 31.2 Å². The number of carbonyl (C=O) groups is 1. The number of benzene rings is 1. The highest BCUT2D eigenvalue weighted by molar-refractivity contribution is 5.76. The van der Waals surface area contributed by atoms with Gasteiger partial charge < -0.3 is 16.0 Å². The van der Waals surface area contributed by atoms with Gasteiger partial charge in [0.1, 0.15) is 0 Å². The van der Waals surface area contributed by atoms with Crippen LogP contribution in [0.2, 0.25) is 0 Å². The van der Waals surface area contributed by atoms with Crippen LogP contribution >= 0.6 is 0 Å². The zero-order valence-electron chi connectivity index (χ0n) is 15.8. The van der Waals surface area contributed by atoms with Crippen molar-refractivity contribution >= 4 is 11.9 Å². The van der Waals surface area contributed by atoms with Gasteiger partial charge in [-0.15, -0.1) is 0 Å². The molecule has 4 N–H and O–H groups in total. The number of hydrogen-bond donors (Lipinski definition) is 3. The minimum Gasteiger partial charge on any atom is -0.369 e. The molecule has 2 rings (SSSR count). The Morgan fingerprint density at radius 2 is 1.92 bits per heavy atom. The average Bonchev–Trinajstić information content (AvgIpc) is 3.06. The highest BCUT2D eigenvalue weighted by Gasteiger charge is 2.14. The van der Waals surface area contributed by atoms with Crippen LogP contribution in [0.5, 0.6) is 0 Å². The largest absolute Gasteiger partial charge is 0.369 e. The van der Waals surface area contributed by atoms with E-state index in [1.807, 2.05) is 18.2 Å². The lowest BCUT2D eigenvalue weighted by molar-refractivity contribution is -0.122. The number of aromatic nitrogens is 2. The Hall–Kier alpha value is -2.30. The number of carbonyl (C=O) groups excluding carboxylic acids is 1. The molecule has 1 heterocycles. The van der Waals surface area contributed by atoms with Crippen molar-refractivity contribution in [3.8, 4) is 0 Å². The summed E-state index contributed by atoms with van der Waals surface area (Å²) >= 11 is 0. The molecule has 1 aromatic carbocycles. The number of aromatic amines is 1. The lowest BCUT2D eigenvalue weighted by Crippen LogP contribution is -2.28. The van der Waals surface area contributed by atoms with Crippen molar-refractivity contribution in [3.05, 3.63) is 47.8 Å². The number of hydrogen-bond acceptors (Lipinski definition) is 3. The van der Waals surface area contributed by atoms with Crippen molar-refractivity contribution in [3.63, 3.8) is 0 Å². The van der Waals surface area contributed by atoms with Crippen LogP contribution in [0.15, 0.2) is 36.5 Å². The Balaban J connectivity index is 1.79. The molecule has 0 aliphatic rings. The van der Waals surface area contributed by atoms with Crippen molar-refractivity contribution in [1.82, 2.24) is 15.3 Å². The van der Waals surface area contributed by atoms with Crippen LogP contribution in [-0.2, 0) is 11.2 Å². The van der Waals surface area contributed by atoms with Gasteiger partial charge in [0, 0.05) is 12.1 Å². The smallest absolute Gasteiger partial charge is 0.220 e. The maximum atomic E-state index is 12.4. The number of nitrogens with one attached hydrogen (secondary N) is 2. The summed E-state index contributed by atoms with van der Waals surface area (Å²) in [5, 5.41) is 3.23. The van der Waals surface area contributed by atoms with Gasteiger partial charge in [-0.05, 0) is 24.8 Å². The Kier molecular flexibility index (Phi) is 8.73. The third kappa shape index (κ3) is 7.30. The Labute approximate surface area is 156 Å². The summed E-state index contributed by atoms with van der Waals surface area (Å²) in [7, 11) is 0. The van der Waals surface area contributed by atoms with Gasteiger partial charge >= 0.3 is 0 Å². The minimum atomic E-state index is 0.105. The van der Waals surface area contributed by atoms with Gasteiger partial charge in [0.2, 0.25) is 5.91 Å². The lowest BCUT2D eigenvalue weighted by atomic mass is 9.99. The number of nitrogen functional groups attached to an aromatic ring is 1. The van der Waals surface area contributed by atoms with Crippen molar-refractivity contribution in [2.75, 3.05) is 5.73 Å². The van der Waals surface area contributed by atoms with Crippen LogP contribution < -0.4 is 11.1 Å². The van der Waals surface area contributed by atoms with Crippen molar-refractivity contribution < 1.29 is 4.79 Å². The fourth-order valence-corrected chi connectivity index (χ4v) is 3.17. The molecule has 0 bridgehead atoms. The first-order valence-corrected chi connectivity index (χ1v) is 9.82. The summed E-state index contributed by atoms with van der Waals surface area (Å²) in [6.07, 6.45) is 11.0. The van der Waals surface area contributed by atoms with Gasteiger partial charge in [-0.2, -0.15) is 0 Å². The molecule has 142 valence electrons. The molecule has 5 heteroatoms. The van der Waals surface area contributed by atoms with Crippen LogP contribution in [0.25, 0.3) is 0 Å². The number of anilines is 1. The van der Waals surface area contributed by atoms with E-state index in [2.05, 4.69) is 34.3 Å². The first-order chi connectivity index (χ1) is 12.7. The zero-order valence-corrected chi connectivity index (χ0v) is 15.8. The monoisotopic (exact) mass is 356 g/mol. The number of aryl methyl sites for hydroxylation is 1. The van der Waals surface area contributed by atoms with Gasteiger partial charge in [-0.1, -0.05) is 69.4 Å². The first-order valence-electron chi connectivity index (χ1n) is 9.82. The van der Waals surface area contributed by atoms with Gasteiger partial charge in [-0.3, -0.25) is 4.79 Å². The van der Waals surface area contributed by atoms with Crippen LogP contribution in [0.1, 0.15) is 75.6 Å². The Bertz CT molecular complexity index is 638. The highest BCUT2D eigenvalue weighted by Crippen LogP contribution is 2.20. The maximum Gasteiger partial charge on any atom is 0.220 e. The van der Waals surface area contributed by atoms with Crippen molar-refractivity contribution in [2.24, 2.45) is 0 Å². The van der Waals surface area contributed by atoms with Crippen molar-refractivity contribution in [1.29, 1.82) is 0 Å². The summed E-state index contributed by atoms with van der Waals surface area (Å²) in [5.74, 6) is 0.538. The number of unbranched alkanes of at least 4 members (excludes halogenated alkanes) is 4. The molecule has 0 saturated heterocycles. The lowest BCUT2D eigenvalue weighted by Gasteiger charge is -2.19. The number of rotatable bonds is 12. The maximum absolute atomic E-state index is 12.4.